The molecule has 2 fully saturated rings. The van der Waals surface area contributed by atoms with Crippen molar-refractivity contribution in [1.29, 1.82) is 0 Å². The highest BCUT2D eigenvalue weighted by atomic mass is 19.3. The molecule has 1 saturated carbocycles. The standard InChI is InChI=1S/C17H24F3N9/c1-17(2,12-3-4-29(28-12)14(19)20)26-16-24-13(23-15(21)25-16)8-5-10(18)9-7-22-27-11(9)6-8/h3-4,8-11,14,22,27H,5-7H2,1-2H3,(H3,21,23,24,25,26). The molecular weight excluding hydrogens is 387 g/mol. The van der Waals surface area contributed by atoms with Crippen LogP contribution < -0.4 is 21.9 Å². The first kappa shape index (κ1) is 19.8. The molecule has 1 aliphatic carbocycles. The summed E-state index contributed by atoms with van der Waals surface area (Å²) in [7, 11) is 0. The van der Waals surface area contributed by atoms with Crippen molar-refractivity contribution in [2.75, 3.05) is 17.6 Å². The lowest BCUT2D eigenvalue weighted by atomic mass is 9.77. The Morgan fingerprint density at radius 2 is 2.07 bits per heavy atom. The van der Waals surface area contributed by atoms with E-state index < -0.39 is 18.3 Å². The SMILES string of the molecule is CC(C)(Nc1nc(N)nc(C2CC(F)C3CNNC3C2)n1)c1ccn(C(F)F)n1. The Kier molecular flexibility index (Phi) is 5.07. The second kappa shape index (κ2) is 7.41. The van der Waals surface area contributed by atoms with Crippen LogP contribution in [-0.2, 0) is 5.54 Å². The summed E-state index contributed by atoms with van der Waals surface area (Å²) in [4.78, 5) is 12.8. The van der Waals surface area contributed by atoms with Crippen molar-refractivity contribution in [3.05, 3.63) is 23.8 Å². The predicted molar refractivity (Wildman–Crippen MR) is 99.7 cm³/mol. The molecule has 4 unspecified atom stereocenters. The molecule has 4 rings (SSSR count). The number of hydrogen-bond acceptors (Lipinski definition) is 8. The molecular formula is C17H24F3N9. The first-order valence-electron chi connectivity index (χ1n) is 9.49. The molecule has 1 saturated heterocycles. The molecule has 0 spiro atoms. The van der Waals surface area contributed by atoms with E-state index in [1.807, 2.05) is 0 Å². The zero-order chi connectivity index (χ0) is 20.8. The zero-order valence-corrected chi connectivity index (χ0v) is 16.1. The van der Waals surface area contributed by atoms with Gasteiger partial charge in [0.2, 0.25) is 11.9 Å². The number of fused-ring (bicyclic) bond motifs is 1. The largest absolute Gasteiger partial charge is 0.368 e. The Bertz CT molecular complexity index is 872. The Morgan fingerprint density at radius 3 is 2.79 bits per heavy atom. The van der Waals surface area contributed by atoms with Gasteiger partial charge in [-0.2, -0.15) is 28.8 Å². The highest BCUT2D eigenvalue weighted by Gasteiger charge is 2.42. The summed E-state index contributed by atoms with van der Waals surface area (Å²) in [5, 5.41) is 6.98. The summed E-state index contributed by atoms with van der Waals surface area (Å²) < 4.78 is 40.8. The molecule has 0 radical (unpaired) electrons. The molecule has 1 aliphatic heterocycles. The number of nitrogens with zero attached hydrogens (tertiary/aromatic N) is 5. The molecule has 5 N–H and O–H groups in total. The van der Waals surface area contributed by atoms with Gasteiger partial charge in [0.05, 0.1) is 11.2 Å². The summed E-state index contributed by atoms with van der Waals surface area (Å²) in [5.74, 6) is 0.363. The van der Waals surface area contributed by atoms with Crippen molar-refractivity contribution < 1.29 is 13.2 Å². The van der Waals surface area contributed by atoms with Crippen LogP contribution in [0.5, 0.6) is 0 Å². The minimum absolute atomic E-state index is 0.00732. The summed E-state index contributed by atoms with van der Waals surface area (Å²) in [5.41, 5.74) is 11.5. The Hall–Kier alpha value is -2.47. The lowest BCUT2D eigenvalue weighted by molar-refractivity contribution is 0.0558. The number of nitrogens with two attached hydrogens (primary N) is 1. The zero-order valence-electron chi connectivity index (χ0n) is 16.1. The average Bonchev–Trinajstić information content (AvgIpc) is 3.31. The second-order valence-corrected chi connectivity index (χ2v) is 8.06. The molecule has 0 amide bonds. The molecule has 4 atom stereocenters. The molecule has 2 aliphatic rings. The van der Waals surface area contributed by atoms with Gasteiger partial charge in [0.25, 0.3) is 0 Å². The highest BCUT2D eigenvalue weighted by molar-refractivity contribution is 5.37. The van der Waals surface area contributed by atoms with Gasteiger partial charge in [-0.25, -0.2) is 9.07 Å². The van der Waals surface area contributed by atoms with Gasteiger partial charge in [-0.15, -0.1) is 0 Å². The Balaban J connectivity index is 1.55. The predicted octanol–water partition coefficient (Wildman–Crippen LogP) is 1.70. The van der Waals surface area contributed by atoms with Gasteiger partial charge in [0, 0.05) is 30.6 Å². The van der Waals surface area contributed by atoms with Crippen LogP contribution in [-0.4, -0.2) is 43.5 Å². The van der Waals surface area contributed by atoms with Crippen LogP contribution in [0.2, 0.25) is 0 Å². The van der Waals surface area contributed by atoms with Gasteiger partial charge in [-0.05, 0) is 32.8 Å². The van der Waals surface area contributed by atoms with Crippen molar-refractivity contribution in [2.24, 2.45) is 5.92 Å². The lowest BCUT2D eigenvalue weighted by Gasteiger charge is -2.33. The number of rotatable bonds is 5. The maximum Gasteiger partial charge on any atom is 0.333 e. The van der Waals surface area contributed by atoms with Gasteiger partial charge in [-0.3, -0.25) is 10.9 Å². The monoisotopic (exact) mass is 411 g/mol. The first-order chi connectivity index (χ1) is 13.7. The van der Waals surface area contributed by atoms with Crippen LogP contribution in [0.15, 0.2) is 12.3 Å². The molecule has 0 bridgehead atoms. The molecule has 2 aromatic rings. The van der Waals surface area contributed by atoms with Crippen molar-refractivity contribution in [3.8, 4) is 0 Å². The van der Waals surface area contributed by atoms with Gasteiger partial charge in [-0.1, -0.05) is 0 Å². The quantitative estimate of drug-likeness (QED) is 0.587. The van der Waals surface area contributed by atoms with Gasteiger partial charge < -0.3 is 11.1 Å². The lowest BCUT2D eigenvalue weighted by Crippen LogP contribution is -2.41. The minimum Gasteiger partial charge on any atom is -0.368 e. The molecule has 29 heavy (non-hydrogen) atoms. The van der Waals surface area contributed by atoms with Gasteiger partial charge in [0.15, 0.2) is 0 Å². The van der Waals surface area contributed by atoms with Crippen LogP contribution in [0, 0.1) is 5.92 Å². The van der Waals surface area contributed by atoms with Gasteiger partial charge >= 0.3 is 6.55 Å². The van der Waals surface area contributed by atoms with E-state index in [0.29, 0.717) is 35.6 Å². The number of halogens is 3. The van der Waals surface area contributed by atoms with Crippen molar-refractivity contribution in [2.45, 2.75) is 56.9 Å². The number of hydrazine groups is 1. The third-order valence-electron chi connectivity index (χ3n) is 5.56. The smallest absolute Gasteiger partial charge is 0.333 e. The fourth-order valence-corrected chi connectivity index (χ4v) is 4.00. The van der Waals surface area contributed by atoms with Crippen LogP contribution in [0.1, 0.15) is 50.7 Å². The van der Waals surface area contributed by atoms with Crippen LogP contribution in [0.4, 0.5) is 25.1 Å². The highest BCUT2D eigenvalue weighted by Crippen LogP contribution is 2.38. The van der Waals surface area contributed by atoms with E-state index in [0.717, 1.165) is 0 Å². The number of aromatic nitrogens is 5. The minimum atomic E-state index is -2.72. The van der Waals surface area contributed by atoms with E-state index in [-0.39, 0.29) is 29.8 Å². The molecule has 3 heterocycles. The van der Waals surface area contributed by atoms with Crippen LogP contribution in [0.25, 0.3) is 0 Å². The maximum atomic E-state index is 14.6. The Labute approximate surface area is 165 Å². The summed E-state index contributed by atoms with van der Waals surface area (Å²) in [6, 6.07) is 1.51. The van der Waals surface area contributed by atoms with Crippen LogP contribution >= 0.6 is 0 Å². The molecule has 2 aromatic heterocycles. The van der Waals surface area contributed by atoms with E-state index in [2.05, 4.69) is 36.2 Å². The van der Waals surface area contributed by atoms with Crippen molar-refractivity contribution in [3.63, 3.8) is 0 Å². The average molecular weight is 411 g/mol. The molecule has 9 nitrogen and oxygen atoms in total. The molecule has 12 heteroatoms. The Morgan fingerprint density at radius 1 is 1.28 bits per heavy atom. The number of nitrogen functional groups attached to an aromatic ring is 1. The van der Waals surface area contributed by atoms with E-state index in [4.69, 9.17) is 5.73 Å². The summed E-state index contributed by atoms with van der Waals surface area (Å²) in [6.07, 6.45) is 1.24. The first-order valence-corrected chi connectivity index (χ1v) is 9.49. The topological polar surface area (TPSA) is 119 Å². The fourth-order valence-electron chi connectivity index (χ4n) is 4.00. The summed E-state index contributed by atoms with van der Waals surface area (Å²) in [6.45, 7) is 1.41. The van der Waals surface area contributed by atoms with E-state index in [9.17, 15) is 13.2 Å². The third-order valence-corrected chi connectivity index (χ3v) is 5.56. The fraction of sp³-hybridized carbons (Fsp3) is 0.647. The van der Waals surface area contributed by atoms with E-state index in [1.54, 1.807) is 13.8 Å². The van der Waals surface area contributed by atoms with Crippen LogP contribution in [0.3, 0.4) is 0 Å². The van der Waals surface area contributed by atoms with Crippen molar-refractivity contribution >= 4 is 11.9 Å². The maximum absolute atomic E-state index is 14.6. The number of hydrogen-bond donors (Lipinski definition) is 4. The third kappa shape index (κ3) is 3.99. The number of anilines is 2. The van der Waals surface area contributed by atoms with E-state index in [1.165, 1.54) is 12.3 Å². The second-order valence-electron chi connectivity index (χ2n) is 8.06. The molecule has 0 aromatic carbocycles. The number of nitrogens with one attached hydrogen (secondary N) is 3. The van der Waals surface area contributed by atoms with E-state index >= 15 is 0 Å². The molecule has 158 valence electrons. The summed E-state index contributed by atoms with van der Waals surface area (Å²) >= 11 is 0. The number of alkyl halides is 3. The normalized spacial score (nSPS) is 27.2. The van der Waals surface area contributed by atoms with Gasteiger partial charge in [0.1, 0.15) is 12.0 Å². The van der Waals surface area contributed by atoms with Crippen molar-refractivity contribution in [1.82, 2.24) is 35.6 Å².